The molecule has 1 aliphatic rings. The highest BCUT2D eigenvalue weighted by atomic mass is 35.5. The Balaban J connectivity index is 1.80. The molecule has 0 radical (unpaired) electrons. The molecule has 168 valence electrons. The molecule has 1 amide bonds. The second kappa shape index (κ2) is 8.61. The zero-order valence-corrected chi connectivity index (χ0v) is 17.4. The van der Waals surface area contributed by atoms with Crippen LogP contribution >= 0.6 is 11.6 Å². The molecule has 13 heteroatoms. The average molecular weight is 482 g/mol. The van der Waals surface area contributed by atoms with Crippen LogP contribution in [0.25, 0.3) is 0 Å². The summed E-state index contributed by atoms with van der Waals surface area (Å²) in [6, 6.07) is 6.11. The monoisotopic (exact) mass is 481 g/mol. The van der Waals surface area contributed by atoms with Crippen molar-refractivity contribution in [3.8, 4) is 5.75 Å². The number of anilines is 1. The van der Waals surface area contributed by atoms with Crippen molar-refractivity contribution in [2.45, 2.75) is 24.9 Å². The van der Waals surface area contributed by atoms with Crippen molar-refractivity contribution in [2.75, 3.05) is 12.4 Å². The van der Waals surface area contributed by atoms with E-state index in [-0.39, 0.29) is 17.1 Å². The van der Waals surface area contributed by atoms with Crippen LogP contribution in [0.5, 0.6) is 5.75 Å². The van der Waals surface area contributed by atoms with Crippen LogP contribution in [0.4, 0.5) is 23.2 Å². The number of halogens is 5. The van der Waals surface area contributed by atoms with E-state index in [1.54, 1.807) is 0 Å². The largest absolute Gasteiger partial charge is 0.573 e. The van der Waals surface area contributed by atoms with Crippen LogP contribution in [-0.2, 0) is 15.0 Å². The third-order valence-corrected chi connectivity index (χ3v) is 6.46. The first-order chi connectivity index (χ1) is 14.4. The van der Waals surface area contributed by atoms with Crippen LogP contribution in [0.3, 0.4) is 0 Å². The molecule has 2 atom stereocenters. The van der Waals surface area contributed by atoms with E-state index in [1.807, 2.05) is 0 Å². The number of ether oxygens (including phenoxy) is 1. The molecule has 0 bridgehead atoms. The summed E-state index contributed by atoms with van der Waals surface area (Å²) in [5, 5.41) is 2.27. The lowest BCUT2D eigenvalue weighted by Gasteiger charge is -2.36. The lowest BCUT2D eigenvalue weighted by molar-refractivity contribution is -0.274. The van der Waals surface area contributed by atoms with Crippen LogP contribution in [0.1, 0.15) is 18.0 Å². The Kier molecular flexibility index (Phi) is 6.46. The Labute approximate surface area is 180 Å². The second-order valence-corrected chi connectivity index (χ2v) is 8.85. The van der Waals surface area contributed by atoms with E-state index in [4.69, 9.17) is 11.6 Å². The van der Waals surface area contributed by atoms with Crippen molar-refractivity contribution in [3.63, 3.8) is 0 Å². The number of carbonyl (C=O) groups is 1. The van der Waals surface area contributed by atoms with Crippen molar-refractivity contribution in [1.82, 2.24) is 9.03 Å². The first-order valence-electron chi connectivity index (χ1n) is 8.72. The summed E-state index contributed by atoms with van der Waals surface area (Å²) < 4.78 is 82.2. The van der Waals surface area contributed by atoms with Crippen LogP contribution in [0.2, 0.25) is 5.02 Å². The van der Waals surface area contributed by atoms with Crippen LogP contribution in [0.15, 0.2) is 42.5 Å². The lowest BCUT2D eigenvalue weighted by Crippen LogP contribution is -2.55. The Morgan fingerprint density at radius 1 is 1.23 bits per heavy atom. The van der Waals surface area contributed by atoms with E-state index in [9.17, 15) is 30.8 Å². The van der Waals surface area contributed by atoms with E-state index < -0.39 is 46.1 Å². The molecule has 1 saturated heterocycles. The minimum atomic E-state index is -4.86. The number of nitrogens with zero attached hydrogens (tertiary/aromatic N) is 1. The highest BCUT2D eigenvalue weighted by Crippen LogP contribution is 2.31. The van der Waals surface area contributed by atoms with Crippen LogP contribution in [-0.4, -0.2) is 38.1 Å². The summed E-state index contributed by atoms with van der Waals surface area (Å²) in [6.45, 7) is 0. The predicted octanol–water partition coefficient (Wildman–Crippen LogP) is 3.60. The maximum atomic E-state index is 13.3. The predicted molar refractivity (Wildman–Crippen MR) is 104 cm³/mol. The number of rotatable bonds is 4. The van der Waals surface area contributed by atoms with Crippen LogP contribution in [0, 0.1) is 5.82 Å². The van der Waals surface area contributed by atoms with Gasteiger partial charge in [-0.2, -0.15) is 17.4 Å². The molecule has 31 heavy (non-hydrogen) atoms. The Morgan fingerprint density at radius 3 is 2.45 bits per heavy atom. The van der Waals surface area contributed by atoms with Gasteiger partial charge in [0.15, 0.2) is 0 Å². The molecule has 0 aromatic heterocycles. The SMILES string of the molecule is CN1[C@@H](C(=O)Nc2ccc(F)c(Cl)c2)C[C@@H](c2ccc(OC(F)(F)F)cc2)NS1(=O)=O. The highest BCUT2D eigenvalue weighted by molar-refractivity contribution is 7.87. The fraction of sp³-hybridized carbons (Fsp3) is 0.278. The average Bonchev–Trinajstić information content (AvgIpc) is 2.66. The standard InChI is InChI=1S/C18H16ClF4N3O4S/c1-26-16(17(27)24-11-4-7-14(20)13(19)8-11)9-15(25-31(26,28)29)10-2-5-12(6-3-10)30-18(21,22)23/h2-8,15-16,25H,9H2,1H3,(H,24,27)/t15-,16+/m0/s1. The fourth-order valence-corrected chi connectivity index (χ4v) is 4.48. The summed E-state index contributed by atoms with van der Waals surface area (Å²) in [4.78, 5) is 12.7. The molecule has 0 unspecified atom stereocenters. The van der Waals surface area contributed by atoms with E-state index in [0.29, 0.717) is 5.56 Å². The van der Waals surface area contributed by atoms with Gasteiger partial charge in [0.05, 0.1) is 5.02 Å². The van der Waals surface area contributed by atoms with Crippen molar-refractivity contribution in [1.29, 1.82) is 0 Å². The number of nitrogens with one attached hydrogen (secondary N) is 2. The van der Waals surface area contributed by atoms with Gasteiger partial charge in [0.2, 0.25) is 5.91 Å². The molecule has 2 N–H and O–H groups in total. The summed E-state index contributed by atoms with van der Waals surface area (Å²) >= 11 is 5.69. The van der Waals surface area contributed by atoms with E-state index >= 15 is 0 Å². The summed E-state index contributed by atoms with van der Waals surface area (Å²) in [7, 11) is -2.86. The molecule has 2 aromatic rings. The van der Waals surface area contributed by atoms with Crippen molar-refractivity contribution >= 4 is 33.4 Å². The van der Waals surface area contributed by atoms with E-state index in [1.165, 1.54) is 31.3 Å². The number of amides is 1. The first-order valence-corrected chi connectivity index (χ1v) is 10.5. The van der Waals surface area contributed by atoms with Gasteiger partial charge in [0.1, 0.15) is 17.6 Å². The zero-order chi connectivity index (χ0) is 23.0. The minimum absolute atomic E-state index is 0.0179. The minimum Gasteiger partial charge on any atom is -0.406 e. The summed E-state index contributed by atoms with van der Waals surface area (Å²) in [6.07, 6.45) is -4.88. The Hall–Kier alpha value is -2.41. The number of alkyl halides is 3. The molecule has 3 rings (SSSR count). The summed E-state index contributed by atoms with van der Waals surface area (Å²) in [5.74, 6) is -1.83. The smallest absolute Gasteiger partial charge is 0.406 e. The fourth-order valence-electron chi connectivity index (χ4n) is 3.03. The highest BCUT2D eigenvalue weighted by Gasteiger charge is 2.40. The van der Waals surface area contributed by atoms with Gasteiger partial charge < -0.3 is 10.1 Å². The molecular formula is C18H16ClF4N3O4S. The number of hydrogen-bond donors (Lipinski definition) is 2. The van der Waals surface area contributed by atoms with Crippen LogP contribution < -0.4 is 14.8 Å². The van der Waals surface area contributed by atoms with Crippen molar-refractivity contribution in [2.24, 2.45) is 0 Å². The number of hydrogen-bond acceptors (Lipinski definition) is 4. The van der Waals surface area contributed by atoms with E-state index in [0.717, 1.165) is 22.5 Å². The van der Waals surface area contributed by atoms with E-state index in [2.05, 4.69) is 14.8 Å². The zero-order valence-electron chi connectivity index (χ0n) is 15.8. The number of carbonyl (C=O) groups excluding carboxylic acids is 1. The van der Waals surface area contributed by atoms with Crippen molar-refractivity contribution in [3.05, 3.63) is 58.9 Å². The van der Waals surface area contributed by atoms with Gasteiger partial charge in [-0.3, -0.25) is 4.79 Å². The molecule has 0 aliphatic carbocycles. The Morgan fingerprint density at radius 2 is 1.87 bits per heavy atom. The molecule has 1 aliphatic heterocycles. The second-order valence-electron chi connectivity index (χ2n) is 6.68. The number of likely N-dealkylation sites (N-methyl/N-ethyl adjacent to an activating group) is 1. The van der Waals surface area contributed by atoms with Gasteiger partial charge in [-0.15, -0.1) is 13.2 Å². The molecule has 0 spiro atoms. The molecular weight excluding hydrogens is 466 g/mol. The van der Waals surface area contributed by atoms with Gasteiger partial charge >= 0.3 is 6.36 Å². The normalized spacial score (nSPS) is 21.5. The molecule has 2 aromatic carbocycles. The van der Waals surface area contributed by atoms with Gasteiger partial charge in [-0.25, -0.2) is 4.39 Å². The quantitative estimate of drug-likeness (QED) is 0.653. The third kappa shape index (κ3) is 5.64. The van der Waals surface area contributed by atoms with Gasteiger partial charge in [0.25, 0.3) is 10.2 Å². The topological polar surface area (TPSA) is 87.7 Å². The first kappa shape index (κ1) is 23.3. The lowest BCUT2D eigenvalue weighted by atomic mass is 9.99. The van der Waals surface area contributed by atoms with Gasteiger partial charge in [-0.1, -0.05) is 23.7 Å². The molecule has 7 nitrogen and oxygen atoms in total. The maximum absolute atomic E-state index is 13.3. The molecule has 1 heterocycles. The van der Waals surface area contributed by atoms with Gasteiger partial charge in [0, 0.05) is 18.8 Å². The van der Waals surface area contributed by atoms with Gasteiger partial charge in [-0.05, 0) is 42.3 Å². The number of benzene rings is 2. The van der Waals surface area contributed by atoms with Crippen molar-refractivity contribution < 1.29 is 35.5 Å². The maximum Gasteiger partial charge on any atom is 0.573 e. The summed E-state index contributed by atoms with van der Waals surface area (Å²) in [5.41, 5.74) is 0.514. The molecule has 1 fully saturated rings. The Bertz CT molecular complexity index is 1080. The molecule has 0 saturated carbocycles. The third-order valence-electron chi connectivity index (χ3n) is 4.57.